The van der Waals surface area contributed by atoms with Gasteiger partial charge in [0.25, 0.3) is 0 Å². The lowest BCUT2D eigenvalue weighted by Gasteiger charge is -2.07. The van der Waals surface area contributed by atoms with Gasteiger partial charge >= 0.3 is 6.61 Å². The van der Waals surface area contributed by atoms with Gasteiger partial charge in [0.2, 0.25) is 0 Å². The zero-order chi connectivity index (χ0) is 13.9. The molecule has 2 aromatic rings. The van der Waals surface area contributed by atoms with Crippen LogP contribution in [-0.2, 0) is 6.54 Å². The van der Waals surface area contributed by atoms with E-state index in [1.54, 1.807) is 18.3 Å². The third-order valence-electron chi connectivity index (χ3n) is 3.24. The maximum atomic E-state index is 12.1. The molecule has 1 aliphatic carbocycles. The quantitative estimate of drug-likeness (QED) is 0.854. The first-order valence-corrected chi connectivity index (χ1v) is 6.53. The Kier molecular flexibility index (Phi) is 3.64. The van der Waals surface area contributed by atoms with Gasteiger partial charge < -0.3 is 10.1 Å². The van der Waals surface area contributed by atoms with Gasteiger partial charge in [-0.25, -0.2) is 0 Å². The number of alkyl halides is 2. The van der Waals surface area contributed by atoms with Crippen molar-refractivity contribution in [1.82, 2.24) is 15.5 Å². The summed E-state index contributed by atoms with van der Waals surface area (Å²) in [6.45, 7) is -2.04. The first-order chi connectivity index (χ1) is 9.72. The number of nitrogens with zero attached hydrogens (tertiary/aromatic N) is 1. The van der Waals surface area contributed by atoms with E-state index >= 15 is 0 Å². The van der Waals surface area contributed by atoms with Gasteiger partial charge in [-0.1, -0.05) is 0 Å². The fourth-order valence-electron chi connectivity index (χ4n) is 2.04. The van der Waals surface area contributed by atoms with Crippen LogP contribution in [0.5, 0.6) is 5.75 Å². The largest absolute Gasteiger partial charge is 0.435 e. The van der Waals surface area contributed by atoms with E-state index in [1.165, 1.54) is 25.0 Å². The third kappa shape index (κ3) is 3.14. The lowest BCUT2D eigenvalue weighted by Crippen LogP contribution is -2.15. The summed E-state index contributed by atoms with van der Waals surface area (Å²) in [6, 6.07) is 7.16. The van der Waals surface area contributed by atoms with Gasteiger partial charge in [-0.2, -0.15) is 13.9 Å². The number of rotatable bonds is 6. The summed E-state index contributed by atoms with van der Waals surface area (Å²) in [4.78, 5) is 0. The second-order valence-electron chi connectivity index (χ2n) is 4.83. The number of H-pyrrole nitrogens is 1. The van der Waals surface area contributed by atoms with E-state index in [-0.39, 0.29) is 5.75 Å². The molecule has 106 valence electrons. The Bertz CT molecular complexity index is 564. The Hall–Kier alpha value is -1.95. The summed E-state index contributed by atoms with van der Waals surface area (Å²) in [6.07, 6.45) is 4.24. The summed E-state index contributed by atoms with van der Waals surface area (Å²) in [5, 5.41) is 10.4. The molecule has 3 rings (SSSR count). The average Bonchev–Trinajstić information content (AvgIpc) is 3.14. The van der Waals surface area contributed by atoms with Crippen molar-refractivity contribution in [3.63, 3.8) is 0 Å². The van der Waals surface area contributed by atoms with Crippen LogP contribution in [0.1, 0.15) is 18.4 Å². The molecule has 0 aliphatic heterocycles. The van der Waals surface area contributed by atoms with E-state index in [0.29, 0.717) is 6.04 Å². The second kappa shape index (κ2) is 5.58. The van der Waals surface area contributed by atoms with E-state index in [9.17, 15) is 8.78 Å². The molecule has 4 nitrogen and oxygen atoms in total. The van der Waals surface area contributed by atoms with Crippen LogP contribution >= 0.6 is 0 Å². The maximum Gasteiger partial charge on any atom is 0.387 e. The van der Waals surface area contributed by atoms with E-state index in [2.05, 4.69) is 20.3 Å². The highest BCUT2D eigenvalue weighted by Crippen LogP contribution is 2.25. The Labute approximate surface area is 115 Å². The highest BCUT2D eigenvalue weighted by atomic mass is 19.3. The molecule has 0 bridgehead atoms. The minimum atomic E-state index is -2.80. The van der Waals surface area contributed by atoms with Crippen LogP contribution in [0.2, 0.25) is 0 Å². The van der Waals surface area contributed by atoms with Crippen molar-refractivity contribution in [2.24, 2.45) is 0 Å². The van der Waals surface area contributed by atoms with Gasteiger partial charge in [0.1, 0.15) is 5.75 Å². The number of hydrogen-bond acceptors (Lipinski definition) is 3. The van der Waals surface area contributed by atoms with Crippen LogP contribution in [0.4, 0.5) is 8.78 Å². The zero-order valence-corrected chi connectivity index (χ0v) is 10.8. The Balaban J connectivity index is 1.72. The summed E-state index contributed by atoms with van der Waals surface area (Å²) in [5.74, 6) is 0.154. The third-order valence-corrected chi connectivity index (χ3v) is 3.24. The smallest absolute Gasteiger partial charge is 0.387 e. The standard InChI is InChI=1S/C14H15F2N3O/c15-14(16)20-12-5-1-9(2-6-12)13-10(8-18-19-13)7-17-11-3-4-11/h1-2,5-6,8,11,14,17H,3-4,7H2,(H,18,19). The van der Waals surface area contributed by atoms with Crippen LogP contribution in [-0.4, -0.2) is 22.9 Å². The van der Waals surface area contributed by atoms with Crippen molar-refractivity contribution in [2.75, 3.05) is 0 Å². The Morgan fingerprint density at radius 3 is 2.70 bits per heavy atom. The normalized spacial score (nSPS) is 14.8. The fourth-order valence-corrected chi connectivity index (χ4v) is 2.04. The molecule has 20 heavy (non-hydrogen) atoms. The van der Waals surface area contributed by atoms with Gasteiger partial charge in [-0.3, -0.25) is 5.10 Å². The molecular weight excluding hydrogens is 264 g/mol. The predicted molar refractivity (Wildman–Crippen MR) is 70.5 cm³/mol. The van der Waals surface area contributed by atoms with Gasteiger partial charge in [0.05, 0.1) is 11.9 Å². The highest BCUT2D eigenvalue weighted by Gasteiger charge is 2.21. The number of aromatic nitrogens is 2. The second-order valence-corrected chi connectivity index (χ2v) is 4.83. The van der Waals surface area contributed by atoms with Crippen molar-refractivity contribution in [3.05, 3.63) is 36.0 Å². The lowest BCUT2D eigenvalue weighted by atomic mass is 10.1. The molecule has 2 N–H and O–H groups in total. The van der Waals surface area contributed by atoms with Crippen molar-refractivity contribution < 1.29 is 13.5 Å². The molecule has 1 aliphatic rings. The number of aromatic amines is 1. The summed E-state index contributed by atoms with van der Waals surface area (Å²) in [5.41, 5.74) is 2.87. The van der Waals surface area contributed by atoms with Gasteiger partial charge in [0, 0.05) is 23.7 Å². The molecule has 0 unspecified atom stereocenters. The average molecular weight is 279 g/mol. The van der Waals surface area contributed by atoms with Crippen LogP contribution in [0.15, 0.2) is 30.5 Å². The van der Waals surface area contributed by atoms with Crippen LogP contribution < -0.4 is 10.1 Å². The van der Waals surface area contributed by atoms with Crippen LogP contribution in [0.3, 0.4) is 0 Å². The zero-order valence-electron chi connectivity index (χ0n) is 10.8. The van der Waals surface area contributed by atoms with Gasteiger partial charge in [-0.15, -0.1) is 0 Å². The molecule has 0 saturated heterocycles. The van der Waals surface area contributed by atoms with E-state index in [4.69, 9.17) is 0 Å². The molecule has 0 spiro atoms. The first-order valence-electron chi connectivity index (χ1n) is 6.53. The first kappa shape index (κ1) is 13.1. The predicted octanol–water partition coefficient (Wildman–Crippen LogP) is 2.93. The maximum absolute atomic E-state index is 12.1. The number of hydrogen-bond donors (Lipinski definition) is 2. The molecule has 6 heteroatoms. The number of halogens is 2. The molecule has 1 heterocycles. The summed E-state index contributed by atoms with van der Waals surface area (Å²) < 4.78 is 28.5. The van der Waals surface area contributed by atoms with Crippen molar-refractivity contribution in [1.29, 1.82) is 0 Å². The molecule has 1 aromatic heterocycles. The fraction of sp³-hybridized carbons (Fsp3) is 0.357. The molecule has 0 amide bonds. The lowest BCUT2D eigenvalue weighted by molar-refractivity contribution is -0.0498. The Morgan fingerprint density at radius 1 is 1.30 bits per heavy atom. The van der Waals surface area contributed by atoms with E-state index < -0.39 is 6.61 Å². The van der Waals surface area contributed by atoms with E-state index in [1.807, 2.05) is 0 Å². The molecule has 0 radical (unpaired) electrons. The number of benzene rings is 1. The van der Waals surface area contributed by atoms with Crippen LogP contribution in [0, 0.1) is 0 Å². The van der Waals surface area contributed by atoms with Crippen molar-refractivity contribution in [2.45, 2.75) is 32.0 Å². The summed E-state index contributed by atoms with van der Waals surface area (Å²) in [7, 11) is 0. The topological polar surface area (TPSA) is 49.9 Å². The van der Waals surface area contributed by atoms with Crippen LogP contribution in [0.25, 0.3) is 11.3 Å². The SMILES string of the molecule is FC(F)Oc1ccc(-c2[nH]ncc2CNC2CC2)cc1. The minimum absolute atomic E-state index is 0.154. The van der Waals surface area contributed by atoms with Crippen molar-refractivity contribution in [3.8, 4) is 17.0 Å². The summed E-state index contributed by atoms with van der Waals surface area (Å²) >= 11 is 0. The molecule has 1 aromatic carbocycles. The Morgan fingerprint density at radius 2 is 2.05 bits per heavy atom. The monoisotopic (exact) mass is 279 g/mol. The van der Waals surface area contributed by atoms with Gasteiger partial charge in [0.15, 0.2) is 0 Å². The van der Waals surface area contributed by atoms with Crippen molar-refractivity contribution >= 4 is 0 Å². The molecular formula is C14H15F2N3O. The minimum Gasteiger partial charge on any atom is -0.435 e. The molecule has 1 fully saturated rings. The van der Waals surface area contributed by atoms with E-state index in [0.717, 1.165) is 23.4 Å². The number of nitrogens with one attached hydrogen (secondary N) is 2. The molecule has 0 atom stereocenters. The number of ether oxygens (including phenoxy) is 1. The van der Waals surface area contributed by atoms with Gasteiger partial charge in [-0.05, 0) is 37.1 Å². The highest BCUT2D eigenvalue weighted by molar-refractivity contribution is 5.63. The molecule has 1 saturated carbocycles.